The van der Waals surface area contributed by atoms with Crippen molar-refractivity contribution in [1.82, 2.24) is 5.32 Å². The van der Waals surface area contributed by atoms with Crippen LogP contribution in [0.2, 0.25) is 0 Å². The number of urea groups is 1. The third-order valence-electron chi connectivity index (χ3n) is 4.64. The summed E-state index contributed by atoms with van der Waals surface area (Å²) in [6.45, 7) is 2.09. The molecule has 0 fully saturated rings. The Morgan fingerprint density at radius 1 is 1.12 bits per heavy atom. The van der Waals surface area contributed by atoms with Crippen LogP contribution in [0.3, 0.4) is 0 Å². The summed E-state index contributed by atoms with van der Waals surface area (Å²) >= 11 is 4.37. The first-order valence-corrected chi connectivity index (χ1v) is 9.09. The molecule has 3 rings (SSSR count). The van der Waals surface area contributed by atoms with Gasteiger partial charge < -0.3 is 10.6 Å². The number of aryl methyl sites for hydroxylation is 2. The van der Waals surface area contributed by atoms with Gasteiger partial charge in [0.15, 0.2) is 0 Å². The van der Waals surface area contributed by atoms with Crippen LogP contribution in [0.15, 0.2) is 47.4 Å². The molecule has 2 N–H and O–H groups in total. The van der Waals surface area contributed by atoms with E-state index >= 15 is 0 Å². The fourth-order valence-electron chi connectivity index (χ4n) is 3.29. The topological polar surface area (TPSA) is 41.1 Å². The SMILES string of the molecule is CCC(NC(=O)Nc1ccccc1S)c1ccc2c(c1)CCCC2. The van der Waals surface area contributed by atoms with Gasteiger partial charge in [0.25, 0.3) is 0 Å². The van der Waals surface area contributed by atoms with E-state index in [2.05, 4.69) is 48.4 Å². The lowest BCUT2D eigenvalue weighted by atomic mass is 9.89. The number of hydrogen-bond acceptors (Lipinski definition) is 2. The van der Waals surface area contributed by atoms with E-state index in [-0.39, 0.29) is 12.1 Å². The zero-order chi connectivity index (χ0) is 16.9. The molecule has 0 spiro atoms. The number of para-hydroxylation sites is 1. The quantitative estimate of drug-likeness (QED) is 0.664. The maximum atomic E-state index is 12.3. The van der Waals surface area contributed by atoms with Crippen molar-refractivity contribution in [1.29, 1.82) is 0 Å². The highest BCUT2D eigenvalue weighted by molar-refractivity contribution is 7.80. The molecule has 2 amide bonds. The molecule has 0 saturated carbocycles. The van der Waals surface area contributed by atoms with Crippen molar-refractivity contribution >= 4 is 24.3 Å². The second-order valence-electron chi connectivity index (χ2n) is 6.31. The average molecular weight is 340 g/mol. The number of hydrogen-bond donors (Lipinski definition) is 3. The van der Waals surface area contributed by atoms with Crippen LogP contribution in [0, 0.1) is 0 Å². The van der Waals surface area contributed by atoms with Crippen molar-refractivity contribution in [2.75, 3.05) is 5.32 Å². The number of fused-ring (bicyclic) bond motifs is 1. The maximum absolute atomic E-state index is 12.3. The van der Waals surface area contributed by atoms with Crippen LogP contribution in [0.4, 0.5) is 10.5 Å². The Balaban J connectivity index is 1.70. The summed E-state index contributed by atoms with van der Waals surface area (Å²) < 4.78 is 0. The van der Waals surface area contributed by atoms with Crippen LogP contribution in [-0.4, -0.2) is 6.03 Å². The zero-order valence-corrected chi connectivity index (χ0v) is 14.9. The molecule has 0 saturated heterocycles. The fraction of sp³-hybridized carbons (Fsp3) is 0.350. The summed E-state index contributed by atoms with van der Waals surface area (Å²) in [6.07, 6.45) is 5.74. The van der Waals surface area contributed by atoms with E-state index in [4.69, 9.17) is 0 Å². The van der Waals surface area contributed by atoms with Crippen LogP contribution < -0.4 is 10.6 Å². The van der Waals surface area contributed by atoms with Crippen molar-refractivity contribution < 1.29 is 4.79 Å². The second-order valence-corrected chi connectivity index (χ2v) is 6.79. The van der Waals surface area contributed by atoms with Crippen molar-refractivity contribution in [3.63, 3.8) is 0 Å². The minimum Gasteiger partial charge on any atom is -0.331 e. The number of thiol groups is 1. The number of anilines is 1. The number of carbonyl (C=O) groups is 1. The first kappa shape index (κ1) is 16.9. The Kier molecular flexibility index (Phi) is 5.46. The molecule has 0 aromatic heterocycles. The smallest absolute Gasteiger partial charge is 0.319 e. The van der Waals surface area contributed by atoms with Gasteiger partial charge in [0.1, 0.15) is 0 Å². The summed E-state index contributed by atoms with van der Waals surface area (Å²) in [6, 6.07) is 14.0. The van der Waals surface area contributed by atoms with Crippen molar-refractivity contribution in [3.05, 3.63) is 59.2 Å². The van der Waals surface area contributed by atoms with Gasteiger partial charge in [-0.25, -0.2) is 4.79 Å². The van der Waals surface area contributed by atoms with E-state index in [9.17, 15) is 4.79 Å². The Labute approximate surface area is 149 Å². The van der Waals surface area contributed by atoms with Gasteiger partial charge in [-0.1, -0.05) is 37.3 Å². The standard InChI is InChI=1S/C20H24N2OS/c1-2-17(16-12-11-14-7-3-4-8-15(14)13-16)21-20(23)22-18-9-5-6-10-19(18)24/h5-6,9-13,17,24H,2-4,7-8H2,1H3,(H2,21,22,23). The van der Waals surface area contributed by atoms with E-state index in [1.807, 2.05) is 24.3 Å². The lowest BCUT2D eigenvalue weighted by Gasteiger charge is -2.22. The highest BCUT2D eigenvalue weighted by Crippen LogP contribution is 2.26. The Morgan fingerprint density at radius 2 is 1.88 bits per heavy atom. The maximum Gasteiger partial charge on any atom is 0.319 e. The van der Waals surface area contributed by atoms with E-state index in [1.54, 1.807) is 0 Å². The molecule has 4 heteroatoms. The average Bonchev–Trinajstić information content (AvgIpc) is 2.61. The van der Waals surface area contributed by atoms with Gasteiger partial charge in [0.05, 0.1) is 11.7 Å². The van der Waals surface area contributed by atoms with E-state index in [0.29, 0.717) is 0 Å². The fourth-order valence-corrected chi connectivity index (χ4v) is 3.50. The molecule has 0 bridgehead atoms. The first-order chi connectivity index (χ1) is 11.7. The van der Waals surface area contributed by atoms with Crippen LogP contribution in [-0.2, 0) is 12.8 Å². The third-order valence-corrected chi connectivity index (χ3v) is 5.03. The first-order valence-electron chi connectivity index (χ1n) is 8.64. The Hall–Kier alpha value is -1.94. The van der Waals surface area contributed by atoms with Gasteiger partial charge >= 0.3 is 6.03 Å². The number of nitrogens with one attached hydrogen (secondary N) is 2. The van der Waals surface area contributed by atoms with Gasteiger partial charge in [0.2, 0.25) is 0 Å². The highest BCUT2D eigenvalue weighted by atomic mass is 32.1. The van der Waals surface area contributed by atoms with E-state index in [0.717, 1.165) is 23.4 Å². The van der Waals surface area contributed by atoms with Crippen LogP contribution >= 0.6 is 12.6 Å². The summed E-state index contributed by atoms with van der Waals surface area (Å²) in [5.74, 6) is 0. The third kappa shape index (κ3) is 3.93. The molecule has 2 aromatic carbocycles. The molecule has 126 valence electrons. The second kappa shape index (κ2) is 7.75. The van der Waals surface area contributed by atoms with Crippen molar-refractivity contribution in [2.45, 2.75) is 50.0 Å². The molecule has 0 aliphatic heterocycles. The molecule has 3 nitrogen and oxygen atoms in total. The van der Waals surface area contributed by atoms with E-state index < -0.39 is 0 Å². The number of benzene rings is 2. The predicted octanol–water partition coefficient (Wildman–Crippen LogP) is 5.13. The molecule has 1 aliphatic rings. The lowest BCUT2D eigenvalue weighted by Crippen LogP contribution is -2.32. The van der Waals surface area contributed by atoms with Gasteiger partial charge in [-0.3, -0.25) is 0 Å². The molecule has 0 radical (unpaired) electrons. The Morgan fingerprint density at radius 3 is 2.62 bits per heavy atom. The summed E-state index contributed by atoms with van der Waals surface area (Å²) in [5.41, 5.74) is 4.82. The molecule has 0 heterocycles. The number of carbonyl (C=O) groups excluding carboxylic acids is 1. The number of rotatable bonds is 4. The van der Waals surface area contributed by atoms with Crippen molar-refractivity contribution in [3.8, 4) is 0 Å². The highest BCUT2D eigenvalue weighted by Gasteiger charge is 2.16. The normalized spacial score (nSPS) is 14.6. The van der Waals surface area contributed by atoms with E-state index in [1.165, 1.54) is 36.0 Å². The monoisotopic (exact) mass is 340 g/mol. The predicted molar refractivity (Wildman–Crippen MR) is 102 cm³/mol. The molecule has 2 aromatic rings. The Bertz CT molecular complexity index is 729. The molecule has 1 atom stereocenters. The summed E-state index contributed by atoms with van der Waals surface area (Å²) in [4.78, 5) is 13.1. The minimum atomic E-state index is -0.193. The molecular formula is C20H24N2OS. The van der Waals surface area contributed by atoms with Gasteiger partial charge in [0, 0.05) is 4.90 Å². The van der Waals surface area contributed by atoms with Gasteiger partial charge in [-0.05, 0) is 60.9 Å². The minimum absolute atomic E-state index is 0.0179. The van der Waals surface area contributed by atoms with Crippen molar-refractivity contribution in [2.24, 2.45) is 0 Å². The van der Waals surface area contributed by atoms with Crippen LogP contribution in [0.25, 0.3) is 0 Å². The molecule has 1 aliphatic carbocycles. The molecular weight excluding hydrogens is 316 g/mol. The largest absolute Gasteiger partial charge is 0.331 e. The van der Waals surface area contributed by atoms with Crippen LogP contribution in [0.5, 0.6) is 0 Å². The molecule has 1 unspecified atom stereocenters. The van der Waals surface area contributed by atoms with Gasteiger partial charge in [-0.15, -0.1) is 12.6 Å². The van der Waals surface area contributed by atoms with Gasteiger partial charge in [-0.2, -0.15) is 0 Å². The lowest BCUT2D eigenvalue weighted by molar-refractivity contribution is 0.248. The molecule has 24 heavy (non-hydrogen) atoms. The van der Waals surface area contributed by atoms with Crippen LogP contribution in [0.1, 0.15) is 48.9 Å². The number of amides is 2. The summed E-state index contributed by atoms with van der Waals surface area (Å²) in [5, 5.41) is 5.96. The summed E-state index contributed by atoms with van der Waals surface area (Å²) in [7, 11) is 0. The zero-order valence-electron chi connectivity index (χ0n) is 14.0.